The van der Waals surface area contributed by atoms with Crippen molar-refractivity contribution in [2.75, 3.05) is 0 Å². The van der Waals surface area contributed by atoms with E-state index in [-0.39, 0.29) is 31.0 Å². The van der Waals surface area contributed by atoms with Gasteiger partial charge in [-0.2, -0.15) is 13.2 Å². The van der Waals surface area contributed by atoms with Gasteiger partial charge in [0.2, 0.25) is 17.7 Å². The average Bonchev–Trinajstić information content (AvgIpc) is 3.47. The molecule has 272 valence electrons. The fourth-order valence-electron chi connectivity index (χ4n) is 6.45. The zero-order chi connectivity index (χ0) is 37.5. The number of aliphatic hydroxyl groups is 1. The van der Waals surface area contributed by atoms with E-state index in [0.29, 0.717) is 5.56 Å². The maximum atomic E-state index is 14.1. The third-order valence-corrected chi connectivity index (χ3v) is 9.54. The number of ketones is 2. The van der Waals surface area contributed by atoms with Gasteiger partial charge in [-0.3, -0.25) is 24.0 Å². The van der Waals surface area contributed by atoms with E-state index in [1.54, 1.807) is 24.3 Å². The summed E-state index contributed by atoms with van der Waals surface area (Å²) in [6.45, 7) is 4.98. The monoisotopic (exact) mass is 707 g/mol. The second kappa shape index (κ2) is 16.5. The molecule has 0 heterocycles. The summed E-state index contributed by atoms with van der Waals surface area (Å²) in [6.07, 6.45) is -9.44. The summed E-state index contributed by atoms with van der Waals surface area (Å²) in [5, 5.41) is 14.9. The van der Waals surface area contributed by atoms with Gasteiger partial charge in [-0.25, -0.2) is 0 Å². The summed E-state index contributed by atoms with van der Waals surface area (Å²) in [4.78, 5) is 65.9. The van der Waals surface area contributed by atoms with Crippen molar-refractivity contribution in [2.45, 2.75) is 83.2 Å². The maximum absolute atomic E-state index is 14.1. The lowest BCUT2D eigenvalue weighted by Gasteiger charge is -2.33. The van der Waals surface area contributed by atoms with Crippen molar-refractivity contribution in [3.8, 4) is 11.1 Å². The molecule has 2 unspecified atom stereocenters. The minimum Gasteiger partial charge on any atom is -0.382 e. The van der Waals surface area contributed by atoms with Gasteiger partial charge in [0.1, 0.15) is 5.54 Å². The Bertz CT molecular complexity index is 1700. The van der Waals surface area contributed by atoms with Crippen LogP contribution in [0.5, 0.6) is 0 Å². The van der Waals surface area contributed by atoms with Crippen LogP contribution < -0.4 is 16.4 Å². The van der Waals surface area contributed by atoms with Gasteiger partial charge in [-0.1, -0.05) is 99.6 Å². The van der Waals surface area contributed by atoms with E-state index in [4.69, 9.17) is 5.73 Å². The minimum absolute atomic E-state index is 0.113. The molecule has 0 saturated carbocycles. The Balaban J connectivity index is 1.51. The van der Waals surface area contributed by atoms with Crippen molar-refractivity contribution in [1.29, 1.82) is 0 Å². The van der Waals surface area contributed by atoms with Crippen LogP contribution in [0.2, 0.25) is 0 Å². The molecule has 4 atom stereocenters. The van der Waals surface area contributed by atoms with Crippen LogP contribution in [0.4, 0.5) is 13.2 Å². The van der Waals surface area contributed by atoms with E-state index in [1.807, 2.05) is 68.4 Å². The number of nitrogens with one attached hydrogen (secondary N) is 2. The third-order valence-electron chi connectivity index (χ3n) is 9.54. The number of aliphatic hydroxyl groups excluding tert-OH is 1. The summed E-state index contributed by atoms with van der Waals surface area (Å²) >= 11 is 0. The van der Waals surface area contributed by atoms with Crippen LogP contribution in [0.3, 0.4) is 0 Å². The van der Waals surface area contributed by atoms with Gasteiger partial charge in [-0.15, -0.1) is 0 Å². The highest BCUT2D eigenvalue weighted by Gasteiger charge is 2.47. The van der Waals surface area contributed by atoms with Gasteiger partial charge in [-0.05, 0) is 34.6 Å². The average molecular weight is 708 g/mol. The quantitative estimate of drug-likeness (QED) is 0.152. The largest absolute Gasteiger partial charge is 0.416 e. The second-order valence-electron chi connectivity index (χ2n) is 13.7. The van der Waals surface area contributed by atoms with E-state index in [1.165, 1.54) is 6.92 Å². The molecule has 0 bridgehead atoms. The second-order valence-corrected chi connectivity index (χ2v) is 13.7. The fourth-order valence-corrected chi connectivity index (χ4v) is 6.45. The number of hydrogen-bond donors (Lipinski definition) is 4. The van der Waals surface area contributed by atoms with Crippen molar-refractivity contribution < 1.29 is 42.3 Å². The molecular weight excluding hydrogens is 663 g/mol. The minimum atomic E-state index is -5.08. The first-order valence-electron chi connectivity index (χ1n) is 16.9. The van der Waals surface area contributed by atoms with E-state index in [2.05, 4.69) is 10.6 Å². The van der Waals surface area contributed by atoms with E-state index in [9.17, 15) is 42.3 Å². The Morgan fingerprint density at radius 2 is 1.35 bits per heavy atom. The molecule has 0 aliphatic heterocycles. The molecule has 3 aromatic rings. The number of benzene rings is 3. The maximum Gasteiger partial charge on any atom is 0.416 e. The lowest BCUT2D eigenvalue weighted by molar-refractivity contribution is -0.213. The first kappa shape index (κ1) is 39.0. The number of primary amides is 1. The smallest absolute Gasteiger partial charge is 0.382 e. The number of amides is 3. The number of carbonyl (C=O) groups excluding carboxylic acids is 5. The van der Waals surface area contributed by atoms with Gasteiger partial charge >= 0.3 is 6.18 Å². The molecule has 0 aromatic heterocycles. The Morgan fingerprint density at radius 1 is 0.804 bits per heavy atom. The van der Waals surface area contributed by atoms with E-state index < -0.39 is 78.5 Å². The SMILES string of the molecule is CC(C)[C@H](CC(=O)c1ccc(-c2ccccc2)cc1)C(=O)NC1(C(=O)C[C@@H](C)C(=O)NC(CCC(N)=O)C(O)C(F)(F)F)Cc2ccccc2C1. The summed E-state index contributed by atoms with van der Waals surface area (Å²) < 4.78 is 40.0. The Morgan fingerprint density at radius 3 is 1.88 bits per heavy atom. The van der Waals surface area contributed by atoms with Crippen LogP contribution in [0.25, 0.3) is 11.1 Å². The number of hydrogen-bond acceptors (Lipinski definition) is 6. The number of nitrogens with two attached hydrogens (primary N) is 1. The number of Topliss-reactive ketones (excluding diaryl/α,β-unsaturated/α-hetero) is 2. The third kappa shape index (κ3) is 9.90. The highest BCUT2D eigenvalue weighted by molar-refractivity contribution is 6.01. The molecule has 12 heteroatoms. The number of carbonyl (C=O) groups is 5. The molecule has 0 spiro atoms. The number of fused-ring (bicyclic) bond motifs is 1. The summed E-state index contributed by atoms with van der Waals surface area (Å²) in [7, 11) is 0. The number of alkyl halides is 3. The van der Waals surface area contributed by atoms with Crippen LogP contribution in [0.15, 0.2) is 78.9 Å². The Labute approximate surface area is 295 Å². The molecule has 4 rings (SSSR count). The molecule has 3 amide bonds. The normalized spacial score (nSPS) is 16.0. The molecule has 51 heavy (non-hydrogen) atoms. The molecule has 5 N–H and O–H groups in total. The predicted molar refractivity (Wildman–Crippen MR) is 185 cm³/mol. The highest BCUT2D eigenvalue weighted by Crippen LogP contribution is 2.34. The molecule has 0 saturated heterocycles. The summed E-state index contributed by atoms with van der Waals surface area (Å²) in [6, 6.07) is 22.2. The predicted octanol–water partition coefficient (Wildman–Crippen LogP) is 5.12. The van der Waals surface area contributed by atoms with Gasteiger partial charge in [0, 0.05) is 49.5 Å². The van der Waals surface area contributed by atoms with Crippen molar-refractivity contribution in [3.63, 3.8) is 0 Å². The molecule has 0 fully saturated rings. The van der Waals surface area contributed by atoms with Gasteiger partial charge in [0.15, 0.2) is 17.7 Å². The van der Waals surface area contributed by atoms with E-state index >= 15 is 0 Å². The van der Waals surface area contributed by atoms with Gasteiger partial charge in [0.25, 0.3) is 0 Å². The van der Waals surface area contributed by atoms with Crippen LogP contribution in [-0.2, 0) is 32.0 Å². The van der Waals surface area contributed by atoms with E-state index in [0.717, 1.165) is 22.3 Å². The summed E-state index contributed by atoms with van der Waals surface area (Å²) in [5.74, 6) is -5.34. The molecular formula is C39H44F3N3O6. The number of halogens is 3. The van der Waals surface area contributed by atoms with Crippen LogP contribution in [0.1, 0.15) is 67.9 Å². The Hall–Kier alpha value is -4.84. The molecule has 1 aliphatic rings. The lowest BCUT2D eigenvalue weighted by atomic mass is 9.82. The van der Waals surface area contributed by atoms with Crippen LogP contribution in [-0.4, -0.2) is 58.3 Å². The van der Waals surface area contributed by atoms with Crippen molar-refractivity contribution in [3.05, 3.63) is 95.6 Å². The van der Waals surface area contributed by atoms with Crippen molar-refractivity contribution in [1.82, 2.24) is 10.6 Å². The van der Waals surface area contributed by atoms with Crippen LogP contribution >= 0.6 is 0 Å². The topological polar surface area (TPSA) is 156 Å². The molecule has 0 radical (unpaired) electrons. The molecule has 1 aliphatic carbocycles. The van der Waals surface area contributed by atoms with Gasteiger partial charge < -0.3 is 21.5 Å². The Kier molecular flexibility index (Phi) is 12.6. The fraction of sp³-hybridized carbons (Fsp3) is 0.410. The zero-order valence-corrected chi connectivity index (χ0v) is 28.8. The van der Waals surface area contributed by atoms with Crippen LogP contribution in [0, 0.1) is 17.8 Å². The molecule has 9 nitrogen and oxygen atoms in total. The highest BCUT2D eigenvalue weighted by atomic mass is 19.4. The van der Waals surface area contributed by atoms with Crippen molar-refractivity contribution >= 4 is 29.3 Å². The number of rotatable bonds is 16. The first-order valence-corrected chi connectivity index (χ1v) is 16.9. The zero-order valence-electron chi connectivity index (χ0n) is 28.8. The summed E-state index contributed by atoms with van der Waals surface area (Å²) in [5.41, 5.74) is 7.62. The lowest BCUT2D eigenvalue weighted by Crippen LogP contribution is -2.58. The molecule has 3 aromatic carbocycles. The van der Waals surface area contributed by atoms with Crippen molar-refractivity contribution in [2.24, 2.45) is 23.5 Å². The first-order chi connectivity index (χ1) is 24.0. The standard InChI is InChI=1S/C39H44F3N3O6/c1-23(2)30(20-32(46)27-15-13-26(14-16-27)25-9-5-4-6-10-25)37(51)45-38(21-28-11-7-8-12-29(28)22-38)33(47)19-24(3)36(50)44-31(17-18-34(43)48)35(49)39(40,41)42/h4-16,23-24,30-31,35,49H,17-22H2,1-3H3,(H2,43,48)(H,44,50)(H,45,51)/t24-,30+,31?,35?/m1/s1. The van der Waals surface area contributed by atoms with Gasteiger partial charge in [0.05, 0.1) is 6.04 Å².